The molecule has 6 nitrogen and oxygen atoms in total. The van der Waals surface area contributed by atoms with Gasteiger partial charge in [-0.05, 0) is 6.92 Å². The van der Waals surface area contributed by atoms with Crippen molar-refractivity contribution in [2.24, 2.45) is 0 Å². The first-order valence-corrected chi connectivity index (χ1v) is 7.54. The third-order valence-corrected chi connectivity index (χ3v) is 4.49. The molecular formula is C13H20ClN5O. The first-order chi connectivity index (χ1) is 9.70. The van der Waals surface area contributed by atoms with Gasteiger partial charge in [0, 0.05) is 51.9 Å². The SMILES string of the molecule is CCn1ncc(N2CC(N3CCNCC3)C2)c(Cl)c1=O. The zero-order valence-electron chi connectivity index (χ0n) is 11.7. The first kappa shape index (κ1) is 13.9. The summed E-state index contributed by atoms with van der Waals surface area (Å²) in [5.74, 6) is 0. The molecule has 20 heavy (non-hydrogen) atoms. The summed E-state index contributed by atoms with van der Waals surface area (Å²) in [7, 11) is 0. The van der Waals surface area contributed by atoms with E-state index in [0.717, 1.165) is 45.0 Å². The molecule has 3 rings (SSSR count). The van der Waals surface area contributed by atoms with E-state index in [1.165, 1.54) is 4.68 Å². The number of piperazine rings is 1. The van der Waals surface area contributed by atoms with Gasteiger partial charge in [-0.25, -0.2) is 4.68 Å². The zero-order chi connectivity index (χ0) is 14.1. The maximum Gasteiger partial charge on any atom is 0.287 e. The molecule has 0 radical (unpaired) electrons. The van der Waals surface area contributed by atoms with Crippen molar-refractivity contribution < 1.29 is 0 Å². The fourth-order valence-electron chi connectivity index (χ4n) is 2.83. The van der Waals surface area contributed by atoms with Gasteiger partial charge in [0.05, 0.1) is 11.9 Å². The number of rotatable bonds is 3. The first-order valence-electron chi connectivity index (χ1n) is 7.16. The van der Waals surface area contributed by atoms with E-state index in [1.54, 1.807) is 6.20 Å². The smallest absolute Gasteiger partial charge is 0.287 e. The lowest BCUT2D eigenvalue weighted by molar-refractivity contribution is 0.147. The molecule has 0 bridgehead atoms. The van der Waals surface area contributed by atoms with Gasteiger partial charge in [-0.1, -0.05) is 11.6 Å². The zero-order valence-corrected chi connectivity index (χ0v) is 12.4. The van der Waals surface area contributed by atoms with Crippen LogP contribution in [0.2, 0.25) is 5.02 Å². The number of nitrogens with one attached hydrogen (secondary N) is 1. The van der Waals surface area contributed by atoms with Crippen LogP contribution in [0.4, 0.5) is 5.69 Å². The monoisotopic (exact) mass is 297 g/mol. The second-order valence-electron chi connectivity index (χ2n) is 5.31. The molecule has 2 aliphatic rings. The number of nitrogens with zero attached hydrogens (tertiary/aromatic N) is 4. The van der Waals surface area contributed by atoms with Crippen LogP contribution in [0.3, 0.4) is 0 Å². The van der Waals surface area contributed by atoms with E-state index in [0.29, 0.717) is 17.6 Å². The molecule has 1 N–H and O–H groups in total. The van der Waals surface area contributed by atoms with Crippen LogP contribution in [0.15, 0.2) is 11.0 Å². The van der Waals surface area contributed by atoms with E-state index in [4.69, 9.17) is 11.6 Å². The molecule has 0 saturated carbocycles. The average Bonchev–Trinajstić information content (AvgIpc) is 2.43. The normalized spacial score (nSPS) is 21.0. The highest BCUT2D eigenvalue weighted by Gasteiger charge is 2.34. The Bertz CT molecular complexity index is 534. The van der Waals surface area contributed by atoms with E-state index < -0.39 is 0 Å². The molecular weight excluding hydrogens is 278 g/mol. The predicted molar refractivity (Wildman–Crippen MR) is 79.6 cm³/mol. The summed E-state index contributed by atoms with van der Waals surface area (Å²) in [6.07, 6.45) is 1.71. The van der Waals surface area contributed by atoms with Crippen LogP contribution in [0.1, 0.15) is 6.92 Å². The van der Waals surface area contributed by atoms with E-state index in [9.17, 15) is 4.79 Å². The quantitative estimate of drug-likeness (QED) is 0.852. The molecule has 0 atom stereocenters. The fraction of sp³-hybridized carbons (Fsp3) is 0.692. The molecule has 7 heteroatoms. The third kappa shape index (κ3) is 2.43. The van der Waals surface area contributed by atoms with Gasteiger partial charge >= 0.3 is 0 Å². The molecule has 1 aromatic rings. The van der Waals surface area contributed by atoms with Crippen LogP contribution >= 0.6 is 11.6 Å². The Morgan fingerprint density at radius 1 is 1.40 bits per heavy atom. The van der Waals surface area contributed by atoms with Crippen LogP contribution < -0.4 is 15.8 Å². The number of halogens is 1. The Kier molecular flexibility index (Phi) is 3.96. The fourth-order valence-corrected chi connectivity index (χ4v) is 3.10. The van der Waals surface area contributed by atoms with Gasteiger partial charge in [0.25, 0.3) is 5.56 Å². The van der Waals surface area contributed by atoms with Crippen LogP contribution in [-0.2, 0) is 6.54 Å². The summed E-state index contributed by atoms with van der Waals surface area (Å²) in [5, 5.41) is 7.80. The van der Waals surface area contributed by atoms with Crippen LogP contribution in [0.25, 0.3) is 0 Å². The minimum absolute atomic E-state index is 0.197. The predicted octanol–water partition coefficient (Wildman–Crippen LogP) is 0.0104. The topological polar surface area (TPSA) is 53.4 Å². The summed E-state index contributed by atoms with van der Waals surface area (Å²) < 4.78 is 1.39. The van der Waals surface area contributed by atoms with Crippen molar-refractivity contribution in [1.29, 1.82) is 0 Å². The van der Waals surface area contributed by atoms with Crippen molar-refractivity contribution in [3.63, 3.8) is 0 Å². The Balaban J connectivity index is 1.68. The molecule has 2 fully saturated rings. The van der Waals surface area contributed by atoms with E-state index in [2.05, 4.69) is 20.2 Å². The van der Waals surface area contributed by atoms with Crippen LogP contribution in [-0.4, -0.2) is 60.0 Å². The molecule has 110 valence electrons. The number of hydrogen-bond donors (Lipinski definition) is 1. The Labute approximate surface area is 123 Å². The summed E-state index contributed by atoms with van der Waals surface area (Å²) in [6, 6.07) is 0.571. The Morgan fingerprint density at radius 2 is 2.10 bits per heavy atom. The van der Waals surface area contributed by atoms with Crippen molar-refractivity contribution in [3.05, 3.63) is 21.6 Å². The van der Waals surface area contributed by atoms with Crippen LogP contribution in [0, 0.1) is 0 Å². The highest BCUT2D eigenvalue weighted by Crippen LogP contribution is 2.27. The second-order valence-corrected chi connectivity index (χ2v) is 5.69. The molecule has 0 aliphatic carbocycles. The van der Waals surface area contributed by atoms with E-state index >= 15 is 0 Å². The number of hydrogen-bond acceptors (Lipinski definition) is 5. The minimum atomic E-state index is -0.197. The van der Waals surface area contributed by atoms with Gasteiger partial charge in [-0.3, -0.25) is 9.69 Å². The summed E-state index contributed by atoms with van der Waals surface area (Å²) in [6.45, 7) is 8.60. The van der Waals surface area contributed by atoms with E-state index in [1.807, 2.05) is 6.92 Å². The minimum Gasteiger partial charge on any atom is -0.366 e. The summed E-state index contributed by atoms with van der Waals surface area (Å²) >= 11 is 6.18. The molecule has 2 saturated heterocycles. The molecule has 2 aliphatic heterocycles. The number of aromatic nitrogens is 2. The van der Waals surface area contributed by atoms with Crippen LogP contribution in [0.5, 0.6) is 0 Å². The van der Waals surface area contributed by atoms with Crippen molar-refractivity contribution in [2.75, 3.05) is 44.2 Å². The summed E-state index contributed by atoms with van der Waals surface area (Å²) in [4.78, 5) is 16.6. The molecule has 1 aromatic heterocycles. The second kappa shape index (κ2) is 5.71. The van der Waals surface area contributed by atoms with Gasteiger partial charge in [-0.15, -0.1) is 0 Å². The highest BCUT2D eigenvalue weighted by molar-refractivity contribution is 6.33. The van der Waals surface area contributed by atoms with Gasteiger partial charge in [0.15, 0.2) is 0 Å². The highest BCUT2D eigenvalue weighted by atomic mass is 35.5. The lowest BCUT2D eigenvalue weighted by Gasteiger charge is -2.47. The van der Waals surface area contributed by atoms with Crippen molar-refractivity contribution >= 4 is 17.3 Å². The van der Waals surface area contributed by atoms with Crippen molar-refractivity contribution in [2.45, 2.75) is 19.5 Å². The van der Waals surface area contributed by atoms with Gasteiger partial charge in [0.2, 0.25) is 0 Å². The molecule has 0 amide bonds. The average molecular weight is 298 g/mol. The standard InChI is InChI=1S/C13H20ClN5O/c1-2-19-13(20)12(14)11(7-16-19)18-8-10(9-18)17-5-3-15-4-6-17/h7,10,15H,2-6,8-9H2,1H3. The molecule has 0 aromatic carbocycles. The molecule has 0 spiro atoms. The Hall–Kier alpha value is -1.11. The maximum atomic E-state index is 12.0. The molecule has 3 heterocycles. The molecule has 0 unspecified atom stereocenters. The van der Waals surface area contributed by atoms with Gasteiger partial charge in [-0.2, -0.15) is 5.10 Å². The number of anilines is 1. The number of aryl methyl sites for hydroxylation is 1. The lowest BCUT2D eigenvalue weighted by Crippen LogP contribution is -2.63. The summed E-state index contributed by atoms with van der Waals surface area (Å²) in [5.41, 5.74) is 0.574. The maximum absolute atomic E-state index is 12.0. The van der Waals surface area contributed by atoms with Gasteiger partial charge in [0.1, 0.15) is 5.02 Å². The van der Waals surface area contributed by atoms with Crippen molar-refractivity contribution in [3.8, 4) is 0 Å². The van der Waals surface area contributed by atoms with Gasteiger partial charge < -0.3 is 10.2 Å². The van der Waals surface area contributed by atoms with E-state index in [-0.39, 0.29) is 5.56 Å². The third-order valence-electron chi connectivity index (χ3n) is 4.14. The largest absolute Gasteiger partial charge is 0.366 e. The van der Waals surface area contributed by atoms with Crippen molar-refractivity contribution in [1.82, 2.24) is 20.0 Å². The Morgan fingerprint density at radius 3 is 2.75 bits per heavy atom. The lowest BCUT2D eigenvalue weighted by atomic mass is 10.1.